The topological polar surface area (TPSA) is 86.1 Å². The molecule has 5 nitrogen and oxygen atoms in total. The predicted molar refractivity (Wildman–Crippen MR) is 68.8 cm³/mol. The highest BCUT2D eigenvalue weighted by atomic mass is 79.9. The van der Waals surface area contributed by atoms with Gasteiger partial charge in [-0.05, 0) is 29.6 Å². The molecule has 0 fully saturated rings. The molecule has 6 heteroatoms. The Morgan fingerprint density at radius 1 is 1.59 bits per heavy atom. The van der Waals surface area contributed by atoms with Crippen LogP contribution in [0.15, 0.2) is 33.9 Å². The van der Waals surface area contributed by atoms with Crippen LogP contribution in [-0.4, -0.2) is 17.6 Å². The first-order valence-corrected chi connectivity index (χ1v) is 5.64. The zero-order valence-corrected chi connectivity index (χ0v) is 10.5. The Bertz CT molecular complexity index is 493. The number of aromatic carboxylic acids is 1. The van der Waals surface area contributed by atoms with E-state index in [1.54, 1.807) is 30.4 Å². The van der Waals surface area contributed by atoms with Gasteiger partial charge in [-0.3, -0.25) is 0 Å². The van der Waals surface area contributed by atoms with Gasteiger partial charge in [-0.2, -0.15) is 0 Å². The third-order valence-corrected chi connectivity index (χ3v) is 2.50. The van der Waals surface area contributed by atoms with Crippen LogP contribution in [0.1, 0.15) is 22.3 Å². The molecular formula is C11H10BrN3O2. The molecule has 0 spiro atoms. The van der Waals surface area contributed by atoms with E-state index in [0.717, 1.165) is 4.47 Å². The molecular weight excluding hydrogens is 286 g/mol. The van der Waals surface area contributed by atoms with E-state index in [1.165, 1.54) is 0 Å². The first kappa shape index (κ1) is 13.3. The van der Waals surface area contributed by atoms with Crippen molar-refractivity contribution in [2.45, 2.75) is 6.42 Å². The van der Waals surface area contributed by atoms with E-state index in [2.05, 4.69) is 26.0 Å². The van der Waals surface area contributed by atoms with E-state index in [1.807, 2.05) is 0 Å². The fraction of sp³-hybridized carbons (Fsp3) is 0.182. The molecule has 1 aromatic rings. The zero-order chi connectivity index (χ0) is 12.7. The van der Waals surface area contributed by atoms with Gasteiger partial charge in [-0.1, -0.05) is 39.3 Å². The van der Waals surface area contributed by atoms with Gasteiger partial charge < -0.3 is 5.11 Å². The van der Waals surface area contributed by atoms with Crippen LogP contribution < -0.4 is 0 Å². The zero-order valence-electron chi connectivity index (χ0n) is 8.88. The SMILES string of the molecule is [N-]=[N+]=NCCC=Cc1ccc(Br)cc1C(=O)O. The maximum Gasteiger partial charge on any atom is 0.336 e. The minimum absolute atomic E-state index is 0.236. The van der Waals surface area contributed by atoms with Crippen molar-refractivity contribution in [2.24, 2.45) is 5.11 Å². The monoisotopic (exact) mass is 295 g/mol. The third-order valence-electron chi connectivity index (χ3n) is 2.00. The normalized spacial score (nSPS) is 10.2. The van der Waals surface area contributed by atoms with Crippen molar-refractivity contribution < 1.29 is 9.90 Å². The van der Waals surface area contributed by atoms with Gasteiger partial charge in [0.1, 0.15) is 0 Å². The van der Waals surface area contributed by atoms with E-state index < -0.39 is 5.97 Å². The van der Waals surface area contributed by atoms with Crippen molar-refractivity contribution in [1.82, 2.24) is 0 Å². The Labute approximate surface area is 107 Å². The average molecular weight is 296 g/mol. The number of carboxylic acids is 1. The number of carboxylic acid groups (broad SMARTS) is 1. The molecule has 0 saturated carbocycles. The minimum Gasteiger partial charge on any atom is -0.478 e. The second-order valence-corrected chi connectivity index (χ2v) is 4.10. The average Bonchev–Trinajstić information content (AvgIpc) is 2.30. The molecule has 88 valence electrons. The molecule has 0 atom stereocenters. The summed E-state index contributed by atoms with van der Waals surface area (Å²) in [5.74, 6) is -0.971. The number of hydrogen-bond donors (Lipinski definition) is 1. The Morgan fingerprint density at radius 2 is 2.35 bits per heavy atom. The first-order chi connectivity index (χ1) is 8.15. The Hall–Kier alpha value is -1.78. The standard InChI is InChI=1S/C11H10BrN3O2/c12-9-5-4-8(10(7-9)11(16)17)3-1-2-6-14-15-13/h1,3-5,7H,2,6H2,(H,16,17). The molecule has 0 aliphatic heterocycles. The van der Waals surface area contributed by atoms with Gasteiger partial charge in [0, 0.05) is 15.9 Å². The highest BCUT2D eigenvalue weighted by Crippen LogP contribution is 2.18. The smallest absolute Gasteiger partial charge is 0.336 e. The summed E-state index contributed by atoms with van der Waals surface area (Å²) in [6, 6.07) is 5.05. The summed E-state index contributed by atoms with van der Waals surface area (Å²) in [5, 5.41) is 12.4. The number of rotatable bonds is 5. The summed E-state index contributed by atoms with van der Waals surface area (Å²) < 4.78 is 0.723. The van der Waals surface area contributed by atoms with Crippen molar-refractivity contribution in [3.63, 3.8) is 0 Å². The fourth-order valence-corrected chi connectivity index (χ4v) is 1.61. The summed E-state index contributed by atoms with van der Waals surface area (Å²) in [4.78, 5) is 13.6. The molecule has 0 aliphatic rings. The molecule has 17 heavy (non-hydrogen) atoms. The van der Waals surface area contributed by atoms with Crippen LogP contribution in [-0.2, 0) is 0 Å². The highest BCUT2D eigenvalue weighted by Gasteiger charge is 2.07. The van der Waals surface area contributed by atoms with Gasteiger partial charge in [0.15, 0.2) is 0 Å². The number of hydrogen-bond acceptors (Lipinski definition) is 2. The van der Waals surface area contributed by atoms with Crippen molar-refractivity contribution in [3.05, 3.63) is 50.3 Å². The second-order valence-electron chi connectivity index (χ2n) is 3.18. The lowest BCUT2D eigenvalue weighted by Gasteiger charge is -2.01. The lowest BCUT2D eigenvalue weighted by atomic mass is 10.1. The minimum atomic E-state index is -0.971. The Balaban J connectivity index is 2.83. The fourth-order valence-electron chi connectivity index (χ4n) is 1.25. The molecule has 0 amide bonds. The van der Waals surface area contributed by atoms with E-state index in [4.69, 9.17) is 10.6 Å². The number of halogens is 1. The van der Waals surface area contributed by atoms with Crippen LogP contribution in [0.5, 0.6) is 0 Å². The van der Waals surface area contributed by atoms with Crippen molar-refractivity contribution >= 4 is 28.0 Å². The largest absolute Gasteiger partial charge is 0.478 e. The van der Waals surface area contributed by atoms with Crippen LogP contribution in [0.3, 0.4) is 0 Å². The molecule has 0 radical (unpaired) electrons. The highest BCUT2D eigenvalue weighted by molar-refractivity contribution is 9.10. The van der Waals surface area contributed by atoms with Gasteiger partial charge in [-0.25, -0.2) is 4.79 Å². The maximum atomic E-state index is 11.0. The predicted octanol–water partition coefficient (Wildman–Crippen LogP) is 3.86. The number of nitrogens with zero attached hydrogens (tertiary/aromatic N) is 3. The second kappa shape index (κ2) is 6.73. The Kier molecular flexibility index (Phi) is 5.26. The van der Waals surface area contributed by atoms with Gasteiger partial charge in [0.05, 0.1) is 5.56 Å². The summed E-state index contributed by atoms with van der Waals surface area (Å²) >= 11 is 3.22. The molecule has 0 heterocycles. The summed E-state index contributed by atoms with van der Waals surface area (Å²) in [6.45, 7) is 0.367. The third kappa shape index (κ3) is 4.30. The number of benzene rings is 1. The quantitative estimate of drug-likeness (QED) is 0.387. The summed E-state index contributed by atoms with van der Waals surface area (Å²) in [7, 11) is 0. The molecule has 0 bridgehead atoms. The van der Waals surface area contributed by atoms with E-state index in [0.29, 0.717) is 18.5 Å². The summed E-state index contributed by atoms with van der Waals surface area (Å²) in [6.07, 6.45) is 4.08. The van der Waals surface area contributed by atoms with Gasteiger partial charge in [0.25, 0.3) is 0 Å². The number of azide groups is 1. The van der Waals surface area contributed by atoms with E-state index in [9.17, 15) is 4.79 Å². The molecule has 0 aliphatic carbocycles. The van der Waals surface area contributed by atoms with Gasteiger partial charge >= 0.3 is 5.97 Å². The van der Waals surface area contributed by atoms with E-state index >= 15 is 0 Å². The lowest BCUT2D eigenvalue weighted by Crippen LogP contribution is -1.99. The number of carbonyl (C=O) groups is 1. The van der Waals surface area contributed by atoms with Crippen LogP contribution in [0.4, 0.5) is 0 Å². The molecule has 0 saturated heterocycles. The molecule has 1 rings (SSSR count). The van der Waals surface area contributed by atoms with Crippen LogP contribution in [0.2, 0.25) is 0 Å². The van der Waals surface area contributed by atoms with Crippen LogP contribution in [0.25, 0.3) is 16.5 Å². The molecule has 0 unspecified atom stereocenters. The summed E-state index contributed by atoms with van der Waals surface area (Å²) in [5.41, 5.74) is 8.94. The maximum absolute atomic E-state index is 11.0. The molecule has 1 N–H and O–H groups in total. The van der Waals surface area contributed by atoms with Crippen molar-refractivity contribution in [3.8, 4) is 0 Å². The lowest BCUT2D eigenvalue weighted by molar-refractivity contribution is 0.0696. The first-order valence-electron chi connectivity index (χ1n) is 4.85. The van der Waals surface area contributed by atoms with Gasteiger partial charge in [0.2, 0.25) is 0 Å². The molecule has 1 aromatic carbocycles. The Morgan fingerprint density at radius 3 is 3.00 bits per heavy atom. The van der Waals surface area contributed by atoms with E-state index in [-0.39, 0.29) is 5.56 Å². The molecule has 0 aromatic heterocycles. The van der Waals surface area contributed by atoms with Gasteiger partial charge in [-0.15, -0.1) is 0 Å². The van der Waals surface area contributed by atoms with Crippen LogP contribution in [0, 0.1) is 0 Å². The van der Waals surface area contributed by atoms with Crippen molar-refractivity contribution in [2.75, 3.05) is 6.54 Å². The van der Waals surface area contributed by atoms with Crippen molar-refractivity contribution in [1.29, 1.82) is 0 Å². The van der Waals surface area contributed by atoms with Crippen LogP contribution >= 0.6 is 15.9 Å².